The summed E-state index contributed by atoms with van der Waals surface area (Å²) in [5, 5.41) is 22.1. The molecule has 1 fully saturated rings. The van der Waals surface area contributed by atoms with Crippen LogP contribution in [0.1, 0.15) is 28.3 Å². The predicted octanol–water partition coefficient (Wildman–Crippen LogP) is 3.92. The van der Waals surface area contributed by atoms with Gasteiger partial charge in [0.15, 0.2) is 0 Å². The van der Waals surface area contributed by atoms with Crippen molar-refractivity contribution in [1.29, 1.82) is 0 Å². The van der Waals surface area contributed by atoms with Gasteiger partial charge >= 0.3 is 0 Å². The van der Waals surface area contributed by atoms with Gasteiger partial charge in [0.1, 0.15) is 5.76 Å². The number of carbonyl (C=O) groups is 2. The average Bonchev–Trinajstić information content (AvgIpc) is 3.05. The monoisotopic (exact) mass is 429 g/mol. The molecule has 1 atom stereocenters. The second-order valence-corrected chi connectivity index (χ2v) is 7.50. The fourth-order valence-electron chi connectivity index (χ4n) is 3.72. The number of hydrogen-bond donors (Lipinski definition) is 1. The van der Waals surface area contributed by atoms with Gasteiger partial charge in [-0.05, 0) is 36.2 Å². The largest absolute Gasteiger partial charge is 0.507 e. The van der Waals surface area contributed by atoms with Crippen LogP contribution in [0.15, 0.2) is 78.6 Å². The standard InChI is InChI=1S/C24H19N3O5/c1-15-4-6-18(7-5-15)22(28)20-21(17-8-10-19(11-9-17)27(31)32)26(24(30)23(20)29)14-16-3-2-12-25-13-16/h2-13,21,28H,14H2,1H3/t21-/m1/s1. The molecule has 1 aliphatic heterocycles. The molecule has 160 valence electrons. The zero-order valence-electron chi connectivity index (χ0n) is 17.1. The highest BCUT2D eigenvalue weighted by atomic mass is 16.6. The summed E-state index contributed by atoms with van der Waals surface area (Å²) in [5.41, 5.74) is 2.39. The molecule has 0 radical (unpaired) electrons. The summed E-state index contributed by atoms with van der Waals surface area (Å²) in [4.78, 5) is 41.9. The van der Waals surface area contributed by atoms with Crippen LogP contribution in [0.3, 0.4) is 0 Å². The summed E-state index contributed by atoms with van der Waals surface area (Å²) in [6.45, 7) is 1.98. The van der Waals surface area contributed by atoms with Gasteiger partial charge in [0.05, 0.1) is 16.5 Å². The lowest BCUT2D eigenvalue weighted by molar-refractivity contribution is -0.384. The van der Waals surface area contributed by atoms with E-state index in [9.17, 15) is 24.8 Å². The summed E-state index contributed by atoms with van der Waals surface area (Å²) in [6.07, 6.45) is 3.19. The molecule has 0 aliphatic carbocycles. The Morgan fingerprint density at radius 2 is 1.78 bits per heavy atom. The lowest BCUT2D eigenvalue weighted by atomic mass is 9.95. The number of aliphatic hydroxyl groups is 1. The molecule has 2 aromatic carbocycles. The Morgan fingerprint density at radius 3 is 2.38 bits per heavy atom. The summed E-state index contributed by atoms with van der Waals surface area (Å²) in [6, 6.07) is 15.1. The molecular weight excluding hydrogens is 410 g/mol. The highest BCUT2D eigenvalue weighted by Crippen LogP contribution is 2.40. The van der Waals surface area contributed by atoms with E-state index in [1.807, 2.05) is 6.92 Å². The first-order valence-corrected chi connectivity index (χ1v) is 9.85. The fraction of sp³-hybridized carbons (Fsp3) is 0.125. The fourth-order valence-corrected chi connectivity index (χ4v) is 3.72. The molecule has 2 heterocycles. The van der Waals surface area contributed by atoms with E-state index >= 15 is 0 Å². The molecule has 8 heteroatoms. The second kappa shape index (κ2) is 8.43. The van der Waals surface area contributed by atoms with Crippen LogP contribution in [0, 0.1) is 17.0 Å². The average molecular weight is 429 g/mol. The molecule has 1 aromatic heterocycles. The zero-order chi connectivity index (χ0) is 22.8. The van der Waals surface area contributed by atoms with Crippen molar-refractivity contribution < 1.29 is 19.6 Å². The number of hydrogen-bond acceptors (Lipinski definition) is 6. The first-order valence-electron chi connectivity index (χ1n) is 9.85. The third-order valence-electron chi connectivity index (χ3n) is 5.36. The lowest BCUT2D eigenvalue weighted by Crippen LogP contribution is -2.29. The van der Waals surface area contributed by atoms with E-state index in [1.165, 1.54) is 29.2 Å². The minimum absolute atomic E-state index is 0.0587. The van der Waals surface area contributed by atoms with E-state index in [-0.39, 0.29) is 23.6 Å². The van der Waals surface area contributed by atoms with Crippen molar-refractivity contribution >= 4 is 23.1 Å². The number of aryl methyl sites for hydroxylation is 1. The van der Waals surface area contributed by atoms with E-state index < -0.39 is 22.7 Å². The van der Waals surface area contributed by atoms with Gasteiger partial charge in [-0.1, -0.05) is 35.9 Å². The van der Waals surface area contributed by atoms with E-state index in [2.05, 4.69) is 4.98 Å². The number of amides is 1. The summed E-state index contributed by atoms with van der Waals surface area (Å²) >= 11 is 0. The molecule has 1 saturated heterocycles. The maximum absolute atomic E-state index is 13.0. The SMILES string of the molecule is Cc1ccc(C(O)=C2C(=O)C(=O)N(Cc3cccnc3)[C@@H]2c2ccc([N+](=O)[O-])cc2)cc1. The first-order chi connectivity index (χ1) is 15.4. The lowest BCUT2D eigenvalue weighted by Gasteiger charge is -2.25. The van der Waals surface area contributed by atoms with Gasteiger partial charge in [-0.3, -0.25) is 24.7 Å². The van der Waals surface area contributed by atoms with Crippen LogP contribution < -0.4 is 0 Å². The number of aliphatic hydroxyl groups excluding tert-OH is 1. The molecule has 32 heavy (non-hydrogen) atoms. The Bertz CT molecular complexity index is 1220. The van der Waals surface area contributed by atoms with Crippen LogP contribution in [-0.4, -0.2) is 31.6 Å². The summed E-state index contributed by atoms with van der Waals surface area (Å²) < 4.78 is 0. The first kappa shape index (κ1) is 20.9. The van der Waals surface area contributed by atoms with Crippen LogP contribution >= 0.6 is 0 Å². The molecule has 1 amide bonds. The van der Waals surface area contributed by atoms with Gasteiger partial charge in [0.25, 0.3) is 17.4 Å². The predicted molar refractivity (Wildman–Crippen MR) is 116 cm³/mol. The van der Waals surface area contributed by atoms with Crippen LogP contribution in [0.2, 0.25) is 0 Å². The Morgan fingerprint density at radius 1 is 1.09 bits per heavy atom. The Hall–Kier alpha value is -4.33. The summed E-state index contributed by atoms with van der Waals surface area (Å²) in [5.74, 6) is -1.86. The third kappa shape index (κ3) is 3.85. The molecule has 0 spiro atoms. The van der Waals surface area contributed by atoms with E-state index in [1.54, 1.807) is 48.8 Å². The summed E-state index contributed by atoms with van der Waals surface area (Å²) in [7, 11) is 0. The van der Waals surface area contributed by atoms with Gasteiger partial charge in [-0.15, -0.1) is 0 Å². The number of rotatable bonds is 5. The van der Waals surface area contributed by atoms with Crippen molar-refractivity contribution in [3.8, 4) is 0 Å². The zero-order valence-corrected chi connectivity index (χ0v) is 17.1. The van der Waals surface area contributed by atoms with E-state index in [0.717, 1.165) is 5.56 Å². The van der Waals surface area contributed by atoms with Crippen LogP contribution in [0.4, 0.5) is 5.69 Å². The van der Waals surface area contributed by atoms with E-state index in [0.29, 0.717) is 16.7 Å². The van der Waals surface area contributed by atoms with Crippen molar-refractivity contribution in [3.05, 3.63) is 111 Å². The molecule has 0 bridgehead atoms. The third-order valence-corrected chi connectivity index (χ3v) is 5.36. The number of ketones is 1. The Labute approximate surface area is 183 Å². The topological polar surface area (TPSA) is 114 Å². The van der Waals surface area contributed by atoms with Gasteiger partial charge in [0.2, 0.25) is 0 Å². The van der Waals surface area contributed by atoms with Crippen LogP contribution in [-0.2, 0) is 16.1 Å². The molecule has 1 aliphatic rings. The Kier molecular flexibility index (Phi) is 5.51. The van der Waals surface area contributed by atoms with Gasteiger partial charge in [-0.25, -0.2) is 0 Å². The number of non-ortho nitro benzene ring substituents is 1. The number of benzene rings is 2. The molecule has 4 rings (SSSR count). The smallest absolute Gasteiger partial charge is 0.295 e. The van der Waals surface area contributed by atoms with Crippen molar-refractivity contribution in [3.63, 3.8) is 0 Å². The molecular formula is C24H19N3O5. The van der Waals surface area contributed by atoms with Crippen molar-refractivity contribution in [2.24, 2.45) is 0 Å². The maximum atomic E-state index is 13.0. The minimum atomic E-state index is -0.905. The number of carbonyl (C=O) groups excluding carboxylic acids is 2. The van der Waals surface area contributed by atoms with Crippen LogP contribution in [0.5, 0.6) is 0 Å². The van der Waals surface area contributed by atoms with Gasteiger partial charge in [0, 0.05) is 36.6 Å². The van der Waals surface area contributed by atoms with Crippen molar-refractivity contribution in [1.82, 2.24) is 9.88 Å². The second-order valence-electron chi connectivity index (χ2n) is 7.50. The quantitative estimate of drug-likeness (QED) is 0.216. The van der Waals surface area contributed by atoms with Crippen molar-refractivity contribution in [2.75, 3.05) is 0 Å². The number of Topliss-reactive ketones (excluding diaryl/α,β-unsaturated/α-hetero) is 1. The molecule has 0 unspecified atom stereocenters. The number of aromatic nitrogens is 1. The maximum Gasteiger partial charge on any atom is 0.295 e. The van der Waals surface area contributed by atoms with Gasteiger partial charge < -0.3 is 10.0 Å². The number of pyridine rings is 1. The van der Waals surface area contributed by atoms with Gasteiger partial charge in [-0.2, -0.15) is 0 Å². The minimum Gasteiger partial charge on any atom is -0.507 e. The van der Waals surface area contributed by atoms with E-state index in [4.69, 9.17) is 0 Å². The molecule has 8 nitrogen and oxygen atoms in total. The van der Waals surface area contributed by atoms with Crippen LogP contribution in [0.25, 0.3) is 5.76 Å². The van der Waals surface area contributed by atoms with Crippen molar-refractivity contribution in [2.45, 2.75) is 19.5 Å². The highest BCUT2D eigenvalue weighted by Gasteiger charge is 2.46. The molecule has 1 N–H and O–H groups in total. The Balaban J connectivity index is 1.85. The normalized spacial score (nSPS) is 17.5. The highest BCUT2D eigenvalue weighted by molar-refractivity contribution is 6.46. The molecule has 3 aromatic rings. The molecule has 0 saturated carbocycles. The number of likely N-dealkylation sites (tertiary alicyclic amines) is 1. The number of nitrogens with zero attached hydrogens (tertiary/aromatic N) is 3. The number of nitro benzene ring substituents is 1. The number of nitro groups is 1.